The van der Waals surface area contributed by atoms with Gasteiger partial charge in [0.15, 0.2) is 0 Å². The van der Waals surface area contributed by atoms with Crippen molar-refractivity contribution in [2.45, 2.75) is 245 Å². The van der Waals surface area contributed by atoms with E-state index in [2.05, 4.69) is 43.5 Å². The van der Waals surface area contributed by atoms with Crippen LogP contribution in [0.15, 0.2) is 24.3 Å². The van der Waals surface area contributed by atoms with Gasteiger partial charge in [0.1, 0.15) is 12.7 Å². The van der Waals surface area contributed by atoms with Crippen molar-refractivity contribution in [3.63, 3.8) is 0 Å². The Morgan fingerprint density at radius 2 is 0.931 bits per heavy atom. The first-order valence-corrected chi connectivity index (χ1v) is 25.8. The maximum Gasteiger partial charge on any atom is 0.472 e. The number of carbonyl (C=O) groups excluding carboxylic acids is 2. The lowest BCUT2D eigenvalue weighted by molar-refractivity contribution is -0.147. The third-order valence-electron chi connectivity index (χ3n) is 10.6. The van der Waals surface area contributed by atoms with Crippen molar-refractivity contribution in [2.24, 2.45) is 0 Å². The summed E-state index contributed by atoms with van der Waals surface area (Å²) in [5.74, 6) is -0.515. The second kappa shape index (κ2) is 45.0. The maximum absolute atomic E-state index is 12.1. The van der Waals surface area contributed by atoms with Crippen molar-refractivity contribution < 1.29 is 37.9 Å². The quantitative estimate of drug-likeness (QED) is 0.0239. The van der Waals surface area contributed by atoms with Crippen LogP contribution in [0.2, 0.25) is 0 Å². The molecule has 0 bridgehead atoms. The average molecular weight is 842 g/mol. The van der Waals surface area contributed by atoms with Crippen LogP contribution < -0.4 is 5.32 Å². The molecule has 0 aromatic rings. The number of rotatable bonds is 46. The molecular formula is C48H92NO8P. The number of carbonyl (C=O) groups is 2. The number of amides is 1. The topological polar surface area (TPSA) is 131 Å². The van der Waals surface area contributed by atoms with Crippen LogP contribution in [-0.2, 0) is 27.9 Å². The van der Waals surface area contributed by atoms with Gasteiger partial charge in [0.05, 0.1) is 13.2 Å². The standard InChI is InChI=1S/C48H92NO8P/c1-3-5-7-9-11-13-15-17-19-21-23-24-26-28-30-32-34-36-38-40-47(51)49-42-43-56-58(53,54)57-45-46(50)44-55-48(52)41-39-37-35-33-31-29-27-25-22-20-18-16-14-12-10-8-6-4-2/h14,16,20,22,46,50H,3-13,15,17-19,21,23-45H2,1-2H3,(H,49,51)(H,53,54)/b16-14-,22-20-. The summed E-state index contributed by atoms with van der Waals surface area (Å²) >= 11 is 0. The van der Waals surface area contributed by atoms with Crippen molar-refractivity contribution in [2.75, 3.05) is 26.4 Å². The van der Waals surface area contributed by atoms with Crippen LogP contribution in [0.25, 0.3) is 0 Å². The first-order chi connectivity index (χ1) is 28.3. The van der Waals surface area contributed by atoms with Crippen molar-refractivity contribution in [3.8, 4) is 0 Å². The fourth-order valence-electron chi connectivity index (χ4n) is 6.94. The minimum absolute atomic E-state index is 0.0846. The molecular weight excluding hydrogens is 750 g/mol. The number of nitrogens with one attached hydrogen (secondary N) is 1. The highest BCUT2D eigenvalue weighted by molar-refractivity contribution is 7.47. The van der Waals surface area contributed by atoms with E-state index < -0.39 is 26.5 Å². The Morgan fingerprint density at radius 1 is 0.534 bits per heavy atom. The van der Waals surface area contributed by atoms with Gasteiger partial charge in [-0.2, -0.15) is 0 Å². The summed E-state index contributed by atoms with van der Waals surface area (Å²) in [6, 6.07) is 0. The Hall–Kier alpha value is -1.51. The van der Waals surface area contributed by atoms with E-state index in [0.29, 0.717) is 6.42 Å². The molecule has 342 valence electrons. The van der Waals surface area contributed by atoms with Gasteiger partial charge in [-0.3, -0.25) is 18.6 Å². The predicted octanol–water partition coefficient (Wildman–Crippen LogP) is 13.9. The second-order valence-electron chi connectivity index (χ2n) is 16.4. The zero-order chi connectivity index (χ0) is 42.5. The summed E-state index contributed by atoms with van der Waals surface area (Å²) in [7, 11) is -4.42. The fraction of sp³-hybridized carbons (Fsp3) is 0.875. The van der Waals surface area contributed by atoms with Crippen molar-refractivity contribution >= 4 is 19.7 Å². The smallest absolute Gasteiger partial charge is 0.463 e. The first-order valence-electron chi connectivity index (χ1n) is 24.3. The van der Waals surface area contributed by atoms with Crippen molar-refractivity contribution in [1.29, 1.82) is 0 Å². The third kappa shape index (κ3) is 45.6. The molecule has 0 aliphatic heterocycles. The fourth-order valence-corrected chi connectivity index (χ4v) is 7.70. The molecule has 3 N–H and O–H groups in total. The van der Waals surface area contributed by atoms with Crippen LogP contribution in [0.1, 0.15) is 239 Å². The van der Waals surface area contributed by atoms with E-state index in [1.165, 1.54) is 154 Å². The summed E-state index contributed by atoms with van der Waals surface area (Å²) in [4.78, 5) is 34.0. The summed E-state index contributed by atoms with van der Waals surface area (Å²) < 4.78 is 26.9. The molecule has 0 saturated carbocycles. The Morgan fingerprint density at radius 3 is 1.40 bits per heavy atom. The van der Waals surface area contributed by atoms with Gasteiger partial charge in [-0.1, -0.05) is 205 Å². The van der Waals surface area contributed by atoms with E-state index in [1.807, 2.05) is 0 Å². The number of aliphatic hydroxyl groups is 1. The lowest BCUT2D eigenvalue weighted by Gasteiger charge is -2.15. The molecule has 10 heteroatoms. The normalized spacial score (nSPS) is 13.4. The highest BCUT2D eigenvalue weighted by Crippen LogP contribution is 2.42. The van der Waals surface area contributed by atoms with Gasteiger partial charge in [0, 0.05) is 19.4 Å². The summed E-state index contributed by atoms with van der Waals surface area (Å²) in [5, 5.41) is 12.7. The van der Waals surface area contributed by atoms with Crippen LogP contribution in [0.4, 0.5) is 0 Å². The van der Waals surface area contributed by atoms with Crippen molar-refractivity contribution in [3.05, 3.63) is 24.3 Å². The van der Waals surface area contributed by atoms with Gasteiger partial charge in [0.25, 0.3) is 0 Å². The zero-order valence-electron chi connectivity index (χ0n) is 37.8. The van der Waals surface area contributed by atoms with E-state index in [4.69, 9.17) is 13.8 Å². The van der Waals surface area contributed by atoms with E-state index in [9.17, 15) is 24.2 Å². The summed E-state index contributed by atoms with van der Waals surface area (Å²) in [5.41, 5.74) is 0. The Labute approximate surface area is 357 Å². The second-order valence-corrected chi connectivity index (χ2v) is 17.9. The van der Waals surface area contributed by atoms with Crippen LogP contribution >= 0.6 is 7.82 Å². The Kier molecular flexibility index (Phi) is 43.9. The van der Waals surface area contributed by atoms with E-state index in [0.717, 1.165) is 57.8 Å². The maximum atomic E-state index is 12.1. The molecule has 0 heterocycles. The molecule has 2 unspecified atom stereocenters. The molecule has 0 fully saturated rings. The molecule has 0 aromatic carbocycles. The molecule has 0 radical (unpaired) electrons. The minimum Gasteiger partial charge on any atom is -0.463 e. The number of hydrogen-bond donors (Lipinski definition) is 3. The molecule has 0 saturated heterocycles. The van der Waals surface area contributed by atoms with Gasteiger partial charge < -0.3 is 20.1 Å². The lowest BCUT2D eigenvalue weighted by Crippen LogP contribution is -2.27. The molecule has 9 nitrogen and oxygen atoms in total. The number of allylic oxidation sites excluding steroid dienone is 4. The van der Waals surface area contributed by atoms with Gasteiger partial charge in [-0.25, -0.2) is 4.57 Å². The highest BCUT2D eigenvalue weighted by atomic mass is 31.2. The highest BCUT2D eigenvalue weighted by Gasteiger charge is 2.23. The number of esters is 1. The van der Waals surface area contributed by atoms with Crippen LogP contribution in [0, 0.1) is 0 Å². The zero-order valence-corrected chi connectivity index (χ0v) is 38.6. The number of aliphatic hydroxyl groups excluding tert-OH is 1. The molecule has 2 atom stereocenters. The van der Waals surface area contributed by atoms with E-state index in [-0.39, 0.29) is 32.1 Å². The molecule has 0 aromatic heterocycles. The summed E-state index contributed by atoms with van der Waals surface area (Å²) in [6.45, 7) is 3.57. The number of ether oxygens (including phenoxy) is 1. The van der Waals surface area contributed by atoms with Crippen LogP contribution in [0.5, 0.6) is 0 Å². The number of phosphoric ester groups is 1. The van der Waals surface area contributed by atoms with Gasteiger partial charge >= 0.3 is 13.8 Å². The molecule has 0 spiro atoms. The SMILES string of the molecule is CCCCCC/C=C\C/C=C\CCCCCCCCCC(=O)OCC(O)COP(=O)(O)OCCNC(=O)CCCCCCCCCCCCCCCCCCCCC. The van der Waals surface area contributed by atoms with Gasteiger partial charge in [0.2, 0.25) is 5.91 Å². The number of hydrogen-bond acceptors (Lipinski definition) is 7. The van der Waals surface area contributed by atoms with E-state index in [1.54, 1.807) is 0 Å². The number of phosphoric acid groups is 1. The third-order valence-corrected chi connectivity index (χ3v) is 11.6. The monoisotopic (exact) mass is 842 g/mol. The van der Waals surface area contributed by atoms with Crippen LogP contribution in [0.3, 0.4) is 0 Å². The molecule has 1 amide bonds. The van der Waals surface area contributed by atoms with Crippen LogP contribution in [-0.4, -0.2) is 54.3 Å². The lowest BCUT2D eigenvalue weighted by atomic mass is 10.0. The predicted molar refractivity (Wildman–Crippen MR) is 243 cm³/mol. The molecule has 58 heavy (non-hydrogen) atoms. The Balaban J connectivity index is 3.55. The molecule has 0 rings (SSSR count). The summed E-state index contributed by atoms with van der Waals surface area (Å²) in [6.07, 6.45) is 49.7. The largest absolute Gasteiger partial charge is 0.472 e. The Bertz CT molecular complexity index is 1010. The average Bonchev–Trinajstić information content (AvgIpc) is 3.21. The van der Waals surface area contributed by atoms with Crippen molar-refractivity contribution in [1.82, 2.24) is 5.32 Å². The molecule has 0 aliphatic rings. The minimum atomic E-state index is -4.42. The molecule has 0 aliphatic carbocycles. The van der Waals surface area contributed by atoms with E-state index >= 15 is 0 Å². The van der Waals surface area contributed by atoms with Gasteiger partial charge in [-0.05, 0) is 44.9 Å². The number of unbranched alkanes of at least 4 members (excludes halogenated alkanes) is 29. The van der Waals surface area contributed by atoms with Gasteiger partial charge in [-0.15, -0.1) is 0 Å². The first kappa shape index (κ1) is 56.5.